The molecule has 1 aliphatic carbocycles. The molecule has 1 spiro atoms. The van der Waals surface area contributed by atoms with Crippen molar-refractivity contribution in [1.82, 2.24) is 0 Å². The first kappa shape index (κ1) is 14.1. The number of benzene rings is 1. The molecule has 2 fully saturated rings. The number of aliphatic hydroxyl groups is 1. The molecule has 1 saturated carbocycles. The smallest absolute Gasteiger partial charge is 0.0822 e. The van der Waals surface area contributed by atoms with Gasteiger partial charge in [0.1, 0.15) is 0 Å². The highest BCUT2D eigenvalue weighted by molar-refractivity contribution is 5.32. The summed E-state index contributed by atoms with van der Waals surface area (Å²) < 4.78 is 6.08. The van der Waals surface area contributed by atoms with E-state index in [2.05, 4.69) is 32.0 Å². The Kier molecular flexibility index (Phi) is 3.87. The maximum absolute atomic E-state index is 10.8. The van der Waals surface area contributed by atoms with E-state index in [1.165, 1.54) is 36.8 Å². The Balaban J connectivity index is 1.77. The van der Waals surface area contributed by atoms with Crippen molar-refractivity contribution < 1.29 is 9.84 Å². The maximum Gasteiger partial charge on any atom is 0.0822 e. The fourth-order valence-corrected chi connectivity index (χ4v) is 4.11. The van der Waals surface area contributed by atoms with Crippen LogP contribution in [0, 0.1) is 19.8 Å². The topological polar surface area (TPSA) is 29.5 Å². The summed E-state index contributed by atoms with van der Waals surface area (Å²) in [6.07, 6.45) is 6.61. The summed E-state index contributed by atoms with van der Waals surface area (Å²) in [5, 5.41) is 10.8. The van der Waals surface area contributed by atoms with Crippen molar-refractivity contribution in [1.29, 1.82) is 0 Å². The molecule has 3 rings (SSSR count). The minimum atomic E-state index is -0.336. The Hall–Kier alpha value is -0.860. The Morgan fingerprint density at radius 2 is 2.00 bits per heavy atom. The van der Waals surface area contributed by atoms with Crippen LogP contribution in [0.4, 0.5) is 0 Å². The standard InChI is InChI=1S/C18H26O2/c1-13-5-6-16(14(2)11-13)17(19)15-7-10-20-18(12-15)8-3-4-9-18/h5-6,11,15,17,19H,3-4,7-10,12H2,1-2H3. The molecule has 0 aromatic heterocycles. The third-order valence-electron chi connectivity index (χ3n) is 5.24. The maximum atomic E-state index is 10.8. The van der Waals surface area contributed by atoms with Crippen molar-refractivity contribution in [2.75, 3.05) is 6.61 Å². The molecule has 0 amide bonds. The summed E-state index contributed by atoms with van der Waals surface area (Å²) in [4.78, 5) is 0. The van der Waals surface area contributed by atoms with Crippen LogP contribution in [-0.2, 0) is 4.74 Å². The van der Waals surface area contributed by atoms with Gasteiger partial charge in [-0.05, 0) is 56.6 Å². The summed E-state index contributed by atoms with van der Waals surface area (Å²) in [6.45, 7) is 5.02. The molecule has 2 heteroatoms. The van der Waals surface area contributed by atoms with Crippen molar-refractivity contribution in [2.24, 2.45) is 5.92 Å². The zero-order valence-electron chi connectivity index (χ0n) is 12.7. The number of aliphatic hydroxyl groups excluding tert-OH is 1. The molecule has 1 aliphatic heterocycles. The van der Waals surface area contributed by atoms with Gasteiger partial charge in [0.2, 0.25) is 0 Å². The lowest BCUT2D eigenvalue weighted by atomic mass is 9.79. The molecule has 1 aromatic rings. The van der Waals surface area contributed by atoms with Gasteiger partial charge < -0.3 is 9.84 Å². The van der Waals surface area contributed by atoms with Crippen LogP contribution in [0.2, 0.25) is 0 Å². The lowest BCUT2D eigenvalue weighted by molar-refractivity contribution is -0.113. The fraction of sp³-hybridized carbons (Fsp3) is 0.667. The van der Waals surface area contributed by atoms with Gasteiger partial charge in [0.05, 0.1) is 11.7 Å². The number of hydrogen-bond acceptors (Lipinski definition) is 2. The van der Waals surface area contributed by atoms with Crippen LogP contribution in [0.5, 0.6) is 0 Å². The summed E-state index contributed by atoms with van der Waals surface area (Å²) >= 11 is 0. The Bertz CT molecular complexity index is 474. The minimum absolute atomic E-state index is 0.0858. The summed E-state index contributed by atoms with van der Waals surface area (Å²) in [5.41, 5.74) is 3.67. The van der Waals surface area contributed by atoms with Gasteiger partial charge in [0.15, 0.2) is 0 Å². The molecule has 110 valence electrons. The average molecular weight is 274 g/mol. The highest BCUT2D eigenvalue weighted by Crippen LogP contribution is 2.45. The van der Waals surface area contributed by atoms with Crippen molar-refractivity contribution in [3.63, 3.8) is 0 Å². The second kappa shape index (κ2) is 5.50. The van der Waals surface area contributed by atoms with Crippen LogP contribution in [0.25, 0.3) is 0 Å². The van der Waals surface area contributed by atoms with Gasteiger partial charge >= 0.3 is 0 Å². The molecule has 1 saturated heterocycles. The van der Waals surface area contributed by atoms with Gasteiger partial charge in [-0.1, -0.05) is 36.6 Å². The van der Waals surface area contributed by atoms with Gasteiger partial charge in [-0.25, -0.2) is 0 Å². The van der Waals surface area contributed by atoms with Gasteiger partial charge in [0.25, 0.3) is 0 Å². The van der Waals surface area contributed by atoms with Crippen molar-refractivity contribution in [3.8, 4) is 0 Å². The third-order valence-corrected chi connectivity index (χ3v) is 5.24. The molecule has 0 bridgehead atoms. The predicted octanol–water partition coefficient (Wildman–Crippen LogP) is 4.08. The molecular weight excluding hydrogens is 248 g/mol. The van der Waals surface area contributed by atoms with E-state index in [0.29, 0.717) is 5.92 Å². The third kappa shape index (κ3) is 2.64. The summed E-state index contributed by atoms with van der Waals surface area (Å²) in [7, 11) is 0. The number of hydrogen-bond donors (Lipinski definition) is 1. The second-order valence-electron chi connectivity index (χ2n) is 6.80. The van der Waals surface area contributed by atoms with Crippen LogP contribution in [-0.4, -0.2) is 17.3 Å². The van der Waals surface area contributed by atoms with E-state index in [-0.39, 0.29) is 11.7 Å². The molecule has 1 heterocycles. The Morgan fingerprint density at radius 3 is 2.70 bits per heavy atom. The molecule has 2 atom stereocenters. The first-order valence-electron chi connectivity index (χ1n) is 7.99. The second-order valence-corrected chi connectivity index (χ2v) is 6.80. The van der Waals surface area contributed by atoms with Crippen LogP contribution >= 0.6 is 0 Å². The quantitative estimate of drug-likeness (QED) is 0.880. The molecule has 2 aliphatic rings. The molecule has 1 aromatic carbocycles. The van der Waals surface area contributed by atoms with E-state index in [0.717, 1.165) is 25.0 Å². The number of rotatable bonds is 2. The van der Waals surface area contributed by atoms with E-state index < -0.39 is 0 Å². The summed E-state index contributed by atoms with van der Waals surface area (Å²) in [5.74, 6) is 0.350. The van der Waals surface area contributed by atoms with E-state index in [4.69, 9.17) is 4.74 Å². The van der Waals surface area contributed by atoms with E-state index in [1.807, 2.05) is 0 Å². The lowest BCUT2D eigenvalue weighted by Gasteiger charge is -2.40. The molecule has 0 radical (unpaired) electrons. The van der Waals surface area contributed by atoms with Gasteiger partial charge in [0, 0.05) is 6.61 Å². The van der Waals surface area contributed by atoms with Crippen molar-refractivity contribution >= 4 is 0 Å². The van der Waals surface area contributed by atoms with Crippen LogP contribution < -0.4 is 0 Å². The van der Waals surface area contributed by atoms with Crippen LogP contribution in [0.1, 0.15) is 61.3 Å². The Morgan fingerprint density at radius 1 is 1.25 bits per heavy atom. The zero-order chi connectivity index (χ0) is 14.2. The monoisotopic (exact) mass is 274 g/mol. The molecule has 2 nitrogen and oxygen atoms in total. The lowest BCUT2D eigenvalue weighted by Crippen LogP contribution is -2.39. The first-order chi connectivity index (χ1) is 9.60. The van der Waals surface area contributed by atoms with Gasteiger partial charge in [-0.2, -0.15) is 0 Å². The number of ether oxygens (including phenoxy) is 1. The fourth-order valence-electron chi connectivity index (χ4n) is 4.11. The minimum Gasteiger partial charge on any atom is -0.388 e. The first-order valence-corrected chi connectivity index (χ1v) is 7.99. The van der Waals surface area contributed by atoms with Crippen LogP contribution in [0.15, 0.2) is 18.2 Å². The van der Waals surface area contributed by atoms with Gasteiger partial charge in [-0.15, -0.1) is 0 Å². The largest absolute Gasteiger partial charge is 0.388 e. The Labute approximate surface area is 122 Å². The van der Waals surface area contributed by atoms with Crippen LogP contribution in [0.3, 0.4) is 0 Å². The zero-order valence-corrected chi connectivity index (χ0v) is 12.7. The molecule has 1 N–H and O–H groups in total. The molecule has 2 unspecified atom stereocenters. The van der Waals surface area contributed by atoms with Crippen molar-refractivity contribution in [3.05, 3.63) is 34.9 Å². The molecule has 20 heavy (non-hydrogen) atoms. The predicted molar refractivity (Wildman–Crippen MR) is 80.8 cm³/mol. The summed E-state index contributed by atoms with van der Waals surface area (Å²) in [6, 6.07) is 6.38. The van der Waals surface area contributed by atoms with E-state index in [9.17, 15) is 5.11 Å². The number of aryl methyl sites for hydroxylation is 2. The highest BCUT2D eigenvalue weighted by Gasteiger charge is 2.42. The normalized spacial score (nSPS) is 26.9. The van der Waals surface area contributed by atoms with E-state index in [1.54, 1.807) is 0 Å². The average Bonchev–Trinajstić information content (AvgIpc) is 2.86. The SMILES string of the molecule is Cc1ccc(C(O)C2CCOC3(CCCC3)C2)c(C)c1. The van der Waals surface area contributed by atoms with Crippen molar-refractivity contribution in [2.45, 2.75) is 64.1 Å². The highest BCUT2D eigenvalue weighted by atomic mass is 16.5. The molecular formula is C18H26O2. The van der Waals surface area contributed by atoms with Gasteiger partial charge in [-0.3, -0.25) is 0 Å². The van der Waals surface area contributed by atoms with E-state index >= 15 is 0 Å².